The number of aromatic nitrogens is 3. The first kappa shape index (κ1) is 22.5. The van der Waals surface area contributed by atoms with E-state index in [4.69, 9.17) is 5.73 Å². The molecule has 7 aromatic rings. The number of hydrogen-bond acceptors (Lipinski definition) is 2. The van der Waals surface area contributed by atoms with Crippen molar-refractivity contribution in [1.82, 2.24) is 14.1 Å². The predicted molar refractivity (Wildman–Crippen MR) is 169 cm³/mol. The van der Waals surface area contributed by atoms with E-state index < -0.39 is 5.41 Å². The highest BCUT2D eigenvalue weighted by atomic mass is 15.0. The first-order chi connectivity index (χ1) is 20.3. The maximum atomic E-state index is 6.06. The normalized spacial score (nSPS) is 16.9. The SMILES string of the molecule is C/C=C/c1c(/C=C\N)n2c3c(cccc13)C1(c3ccccc3-2)c2ccccc2-n2c3ccncc3c3cccc1c32. The van der Waals surface area contributed by atoms with Gasteiger partial charge in [0.1, 0.15) is 0 Å². The third kappa shape index (κ3) is 2.50. The van der Waals surface area contributed by atoms with Crippen molar-refractivity contribution >= 4 is 44.9 Å². The van der Waals surface area contributed by atoms with Gasteiger partial charge in [0, 0.05) is 34.1 Å². The Balaban J connectivity index is 1.59. The maximum Gasteiger partial charge on any atom is 0.0783 e. The van der Waals surface area contributed by atoms with Gasteiger partial charge in [0.15, 0.2) is 0 Å². The molecule has 0 saturated heterocycles. The molecule has 1 unspecified atom stereocenters. The molecule has 4 heteroatoms. The number of para-hydroxylation sites is 4. The molecule has 0 amide bonds. The minimum absolute atomic E-state index is 0.519. The van der Waals surface area contributed by atoms with Crippen LogP contribution in [0.1, 0.15) is 40.4 Å². The molecule has 0 fully saturated rings. The Hall–Kier alpha value is -5.35. The summed E-state index contributed by atoms with van der Waals surface area (Å²) in [5.74, 6) is 0. The van der Waals surface area contributed by atoms with Crippen LogP contribution in [0.25, 0.3) is 56.2 Å². The van der Waals surface area contributed by atoms with Crippen molar-refractivity contribution in [2.45, 2.75) is 12.3 Å². The van der Waals surface area contributed by atoms with Crippen LogP contribution in [-0.4, -0.2) is 14.1 Å². The van der Waals surface area contributed by atoms with Crippen LogP contribution in [0.2, 0.25) is 0 Å². The Labute approximate surface area is 237 Å². The molecule has 194 valence electrons. The average Bonchev–Trinajstić information content (AvgIpc) is 3.52. The zero-order chi connectivity index (χ0) is 27.3. The second-order valence-electron chi connectivity index (χ2n) is 10.9. The van der Waals surface area contributed by atoms with E-state index in [1.165, 1.54) is 71.9 Å². The lowest BCUT2D eigenvalue weighted by atomic mass is 9.61. The Morgan fingerprint density at radius 1 is 0.659 bits per heavy atom. The smallest absolute Gasteiger partial charge is 0.0783 e. The number of nitrogens with zero attached hydrogens (tertiary/aromatic N) is 3. The highest BCUT2D eigenvalue weighted by Gasteiger charge is 2.50. The summed E-state index contributed by atoms with van der Waals surface area (Å²) in [6.07, 6.45) is 11.9. The lowest BCUT2D eigenvalue weighted by Gasteiger charge is -2.45. The number of pyridine rings is 1. The summed E-state index contributed by atoms with van der Waals surface area (Å²) >= 11 is 0. The second kappa shape index (κ2) is 7.86. The van der Waals surface area contributed by atoms with Crippen LogP contribution in [-0.2, 0) is 5.41 Å². The van der Waals surface area contributed by atoms with Crippen LogP contribution in [0.5, 0.6) is 0 Å². The molecular formula is C37H26N4. The molecule has 4 aromatic carbocycles. The quantitative estimate of drug-likeness (QED) is 0.247. The number of allylic oxidation sites excluding steroid dienone is 1. The molecule has 41 heavy (non-hydrogen) atoms. The van der Waals surface area contributed by atoms with Crippen molar-refractivity contribution < 1.29 is 0 Å². The topological polar surface area (TPSA) is 48.8 Å². The van der Waals surface area contributed by atoms with Gasteiger partial charge in [-0.15, -0.1) is 0 Å². The van der Waals surface area contributed by atoms with Gasteiger partial charge in [0.25, 0.3) is 0 Å². The van der Waals surface area contributed by atoms with E-state index in [1.807, 2.05) is 18.5 Å². The molecule has 1 spiro atoms. The van der Waals surface area contributed by atoms with Crippen molar-refractivity contribution in [2.75, 3.05) is 0 Å². The fourth-order valence-corrected chi connectivity index (χ4v) is 7.84. The predicted octanol–water partition coefficient (Wildman–Crippen LogP) is 8.09. The monoisotopic (exact) mass is 526 g/mol. The second-order valence-corrected chi connectivity index (χ2v) is 10.9. The Kier molecular flexibility index (Phi) is 4.31. The Morgan fingerprint density at radius 3 is 2.00 bits per heavy atom. The van der Waals surface area contributed by atoms with Crippen molar-refractivity contribution in [3.8, 4) is 11.4 Å². The van der Waals surface area contributed by atoms with Gasteiger partial charge in [-0.3, -0.25) is 4.98 Å². The number of benzene rings is 4. The molecule has 2 N–H and O–H groups in total. The summed E-state index contributed by atoms with van der Waals surface area (Å²) in [4.78, 5) is 4.53. The van der Waals surface area contributed by atoms with Gasteiger partial charge in [-0.2, -0.15) is 0 Å². The van der Waals surface area contributed by atoms with E-state index in [0.717, 1.165) is 5.69 Å². The van der Waals surface area contributed by atoms with E-state index in [1.54, 1.807) is 6.20 Å². The molecule has 3 aromatic heterocycles. The number of rotatable bonds is 2. The van der Waals surface area contributed by atoms with Gasteiger partial charge in [0.2, 0.25) is 0 Å². The fourth-order valence-electron chi connectivity index (χ4n) is 7.84. The minimum Gasteiger partial charge on any atom is -0.405 e. The molecule has 0 radical (unpaired) electrons. The highest BCUT2D eigenvalue weighted by molar-refractivity contribution is 6.12. The van der Waals surface area contributed by atoms with Crippen LogP contribution in [0.15, 0.2) is 116 Å². The third-order valence-corrected chi connectivity index (χ3v) is 9.15. The molecule has 2 aliphatic heterocycles. The molecule has 1 atom stereocenters. The lowest BCUT2D eigenvalue weighted by molar-refractivity contribution is 0.709. The molecule has 0 bridgehead atoms. The molecule has 0 saturated carbocycles. The number of hydrogen-bond donors (Lipinski definition) is 1. The van der Waals surface area contributed by atoms with Crippen molar-refractivity contribution in [1.29, 1.82) is 0 Å². The van der Waals surface area contributed by atoms with Gasteiger partial charge in [-0.05, 0) is 59.7 Å². The van der Waals surface area contributed by atoms with Crippen LogP contribution in [0.4, 0.5) is 0 Å². The van der Waals surface area contributed by atoms with Crippen molar-refractivity contribution in [3.05, 3.63) is 149 Å². The summed E-state index contributed by atoms with van der Waals surface area (Å²) in [7, 11) is 0. The van der Waals surface area contributed by atoms with Gasteiger partial charge in [-0.1, -0.05) is 84.9 Å². The minimum atomic E-state index is -0.519. The van der Waals surface area contributed by atoms with Gasteiger partial charge in [0.05, 0.1) is 39.0 Å². The number of nitrogens with two attached hydrogens (primary N) is 1. The van der Waals surface area contributed by atoms with Gasteiger partial charge >= 0.3 is 0 Å². The molecular weight excluding hydrogens is 500 g/mol. The van der Waals surface area contributed by atoms with Crippen LogP contribution < -0.4 is 5.73 Å². The van der Waals surface area contributed by atoms with Gasteiger partial charge in [-0.25, -0.2) is 0 Å². The zero-order valence-corrected chi connectivity index (χ0v) is 22.5. The zero-order valence-electron chi connectivity index (χ0n) is 22.5. The highest BCUT2D eigenvalue weighted by Crippen LogP contribution is 2.59. The summed E-state index contributed by atoms with van der Waals surface area (Å²) in [6.45, 7) is 2.07. The maximum absolute atomic E-state index is 6.06. The van der Waals surface area contributed by atoms with E-state index in [-0.39, 0.29) is 0 Å². The summed E-state index contributed by atoms with van der Waals surface area (Å²) in [5, 5.41) is 3.63. The van der Waals surface area contributed by atoms with E-state index in [2.05, 4.69) is 124 Å². The Morgan fingerprint density at radius 2 is 1.29 bits per heavy atom. The van der Waals surface area contributed by atoms with Crippen molar-refractivity contribution in [2.24, 2.45) is 5.73 Å². The summed E-state index contributed by atoms with van der Waals surface area (Å²) < 4.78 is 4.87. The summed E-state index contributed by atoms with van der Waals surface area (Å²) in [6, 6.07) is 33.6. The molecule has 2 aliphatic rings. The molecule has 0 aliphatic carbocycles. The average molecular weight is 527 g/mol. The number of fused-ring (bicyclic) bond motifs is 11. The molecule has 5 heterocycles. The van der Waals surface area contributed by atoms with Crippen molar-refractivity contribution in [3.63, 3.8) is 0 Å². The van der Waals surface area contributed by atoms with Crippen LogP contribution in [0, 0.1) is 0 Å². The van der Waals surface area contributed by atoms with Gasteiger partial charge < -0.3 is 14.9 Å². The fraction of sp³-hybridized carbons (Fsp3) is 0.0541. The third-order valence-electron chi connectivity index (χ3n) is 9.15. The Bertz CT molecular complexity index is 2290. The first-order valence-corrected chi connectivity index (χ1v) is 14.1. The van der Waals surface area contributed by atoms with E-state index in [0.29, 0.717) is 0 Å². The first-order valence-electron chi connectivity index (χ1n) is 14.1. The lowest BCUT2D eigenvalue weighted by Crippen LogP contribution is -2.38. The van der Waals surface area contributed by atoms with E-state index >= 15 is 0 Å². The van der Waals surface area contributed by atoms with E-state index in [9.17, 15) is 0 Å². The molecule has 9 rings (SSSR count). The summed E-state index contributed by atoms with van der Waals surface area (Å²) in [5.41, 5.74) is 19.0. The van der Waals surface area contributed by atoms with Crippen LogP contribution in [0.3, 0.4) is 0 Å². The molecule has 4 nitrogen and oxygen atoms in total. The largest absolute Gasteiger partial charge is 0.405 e. The van der Waals surface area contributed by atoms with Crippen LogP contribution >= 0.6 is 0 Å². The standard InChI is InChI=1S/C37H26N4/c1-2-9-23-24-10-7-14-29-35(24)40(31(23)18-20-38)33-16-5-3-12-27(33)37(29)28-13-4-6-17-34(28)41-32-19-21-39-22-26(32)25-11-8-15-30(37)36(25)41/h2-22H,38H2,1H3/b9-2+,20-18-.